The minimum Gasteiger partial charge on any atom is -0.456 e. The fraction of sp³-hybridized carbons (Fsp3) is 0.750. The van der Waals surface area contributed by atoms with Gasteiger partial charge in [-0.15, -0.1) is 11.8 Å². The van der Waals surface area contributed by atoms with E-state index in [1.165, 1.54) is 32.5 Å². The zero-order valence-electron chi connectivity index (χ0n) is 11.8. The molecule has 0 amide bonds. The van der Waals surface area contributed by atoms with Gasteiger partial charge in [0.1, 0.15) is 5.44 Å². The molecule has 114 valence electrons. The van der Waals surface area contributed by atoms with E-state index in [0.29, 0.717) is 0 Å². The van der Waals surface area contributed by atoms with Crippen LogP contribution in [0.15, 0.2) is 0 Å². The molecular weight excluding hydrogens is 288 g/mol. The summed E-state index contributed by atoms with van der Waals surface area (Å²) in [4.78, 5) is 33.5. The SMILES string of the molecule is CS[C@@H]1OC[C@H](OC(C)=O)[C@H](OC(C)=O)[C@H]1OC(C)=O. The molecule has 0 bridgehead atoms. The first-order chi connectivity index (χ1) is 9.35. The Balaban J connectivity index is 2.95. The van der Waals surface area contributed by atoms with Gasteiger partial charge in [-0.25, -0.2) is 0 Å². The molecule has 0 saturated carbocycles. The van der Waals surface area contributed by atoms with Gasteiger partial charge >= 0.3 is 17.9 Å². The summed E-state index contributed by atoms with van der Waals surface area (Å²) in [6, 6.07) is 0. The molecule has 0 aliphatic carbocycles. The first kappa shape index (κ1) is 16.8. The van der Waals surface area contributed by atoms with Crippen molar-refractivity contribution in [1.82, 2.24) is 0 Å². The standard InChI is InChI=1S/C12H18O7S/c1-6(13)17-9-5-16-12(20-4)11(19-8(3)15)10(9)18-7(2)14/h9-12H,5H2,1-4H3/t9-,10-,11+,12-/m0/s1. The monoisotopic (exact) mass is 306 g/mol. The van der Waals surface area contributed by atoms with E-state index in [1.807, 2.05) is 0 Å². The van der Waals surface area contributed by atoms with E-state index in [4.69, 9.17) is 18.9 Å². The van der Waals surface area contributed by atoms with Crippen LogP contribution >= 0.6 is 11.8 Å². The molecule has 4 atom stereocenters. The highest BCUT2D eigenvalue weighted by molar-refractivity contribution is 7.99. The molecule has 7 nitrogen and oxygen atoms in total. The molecule has 1 saturated heterocycles. The Morgan fingerprint density at radius 3 is 1.90 bits per heavy atom. The third-order valence-corrected chi connectivity index (χ3v) is 3.41. The highest BCUT2D eigenvalue weighted by atomic mass is 32.2. The van der Waals surface area contributed by atoms with Crippen molar-refractivity contribution in [3.63, 3.8) is 0 Å². The van der Waals surface area contributed by atoms with Gasteiger partial charge in [-0.3, -0.25) is 14.4 Å². The largest absolute Gasteiger partial charge is 0.456 e. The summed E-state index contributed by atoms with van der Waals surface area (Å²) in [6.07, 6.45) is -0.738. The van der Waals surface area contributed by atoms with Gasteiger partial charge in [0.05, 0.1) is 6.61 Å². The van der Waals surface area contributed by atoms with Crippen LogP contribution in [0.2, 0.25) is 0 Å². The first-order valence-corrected chi connectivity index (χ1v) is 7.30. The molecule has 0 radical (unpaired) electrons. The van der Waals surface area contributed by atoms with E-state index < -0.39 is 41.7 Å². The summed E-state index contributed by atoms with van der Waals surface area (Å²) < 4.78 is 20.9. The lowest BCUT2D eigenvalue weighted by Gasteiger charge is -2.39. The molecule has 0 unspecified atom stereocenters. The first-order valence-electron chi connectivity index (χ1n) is 6.01. The van der Waals surface area contributed by atoms with Crippen molar-refractivity contribution in [3.05, 3.63) is 0 Å². The Morgan fingerprint density at radius 2 is 1.45 bits per heavy atom. The van der Waals surface area contributed by atoms with Crippen LogP contribution in [0.3, 0.4) is 0 Å². The van der Waals surface area contributed by atoms with Crippen molar-refractivity contribution in [2.75, 3.05) is 12.9 Å². The summed E-state index contributed by atoms with van der Waals surface area (Å²) in [5.74, 6) is -1.61. The number of hydrogen-bond donors (Lipinski definition) is 0. The number of carbonyl (C=O) groups excluding carboxylic acids is 3. The average Bonchev–Trinajstić information content (AvgIpc) is 2.31. The van der Waals surface area contributed by atoms with Crippen molar-refractivity contribution in [2.24, 2.45) is 0 Å². The number of rotatable bonds is 4. The highest BCUT2D eigenvalue weighted by Crippen LogP contribution is 2.29. The lowest BCUT2D eigenvalue weighted by atomic mass is 10.1. The summed E-state index contributed by atoms with van der Waals surface area (Å²) in [5, 5.41) is 0. The molecule has 1 aliphatic heterocycles. The second-order valence-electron chi connectivity index (χ2n) is 4.23. The third kappa shape index (κ3) is 4.68. The van der Waals surface area contributed by atoms with Gasteiger partial charge in [0, 0.05) is 20.8 Å². The maximum absolute atomic E-state index is 11.2. The lowest BCUT2D eigenvalue weighted by Crippen LogP contribution is -2.56. The summed E-state index contributed by atoms with van der Waals surface area (Å²) >= 11 is 1.32. The topological polar surface area (TPSA) is 88.1 Å². The van der Waals surface area contributed by atoms with Crippen molar-refractivity contribution >= 4 is 29.7 Å². The molecule has 1 aliphatic rings. The van der Waals surface area contributed by atoms with E-state index >= 15 is 0 Å². The fourth-order valence-corrected chi connectivity index (χ4v) is 2.60. The van der Waals surface area contributed by atoms with Crippen LogP contribution in [0.4, 0.5) is 0 Å². The van der Waals surface area contributed by atoms with Gasteiger partial charge in [-0.1, -0.05) is 0 Å². The van der Waals surface area contributed by atoms with E-state index in [1.54, 1.807) is 6.26 Å². The van der Waals surface area contributed by atoms with Crippen LogP contribution in [0.25, 0.3) is 0 Å². The Bertz CT molecular complexity index is 384. The predicted molar refractivity (Wildman–Crippen MR) is 69.9 cm³/mol. The Hall–Kier alpha value is -1.28. The van der Waals surface area contributed by atoms with Gasteiger partial charge in [0.2, 0.25) is 0 Å². The van der Waals surface area contributed by atoms with Crippen molar-refractivity contribution in [1.29, 1.82) is 0 Å². The Labute approximate surface area is 121 Å². The second kappa shape index (κ2) is 7.49. The molecule has 1 rings (SSSR count). The zero-order valence-corrected chi connectivity index (χ0v) is 12.6. The van der Waals surface area contributed by atoms with Crippen LogP contribution in [0.5, 0.6) is 0 Å². The fourth-order valence-electron chi connectivity index (χ4n) is 1.91. The molecule has 8 heteroatoms. The van der Waals surface area contributed by atoms with Crippen LogP contribution in [-0.4, -0.2) is 54.5 Å². The van der Waals surface area contributed by atoms with Crippen LogP contribution in [0, 0.1) is 0 Å². The van der Waals surface area contributed by atoms with E-state index in [9.17, 15) is 14.4 Å². The van der Waals surface area contributed by atoms with Crippen LogP contribution < -0.4 is 0 Å². The van der Waals surface area contributed by atoms with Gasteiger partial charge in [-0.05, 0) is 6.26 Å². The zero-order chi connectivity index (χ0) is 15.3. The van der Waals surface area contributed by atoms with Crippen LogP contribution in [-0.2, 0) is 33.3 Å². The molecule has 0 aromatic heterocycles. The Kier molecular flexibility index (Phi) is 6.28. The predicted octanol–water partition coefficient (Wildman–Crippen LogP) is 0.501. The number of thioether (sulfide) groups is 1. The van der Waals surface area contributed by atoms with Gasteiger partial charge in [0.15, 0.2) is 18.3 Å². The Morgan fingerprint density at radius 1 is 0.950 bits per heavy atom. The molecule has 1 heterocycles. The summed E-state index contributed by atoms with van der Waals surface area (Å²) in [5.41, 5.74) is -0.491. The highest BCUT2D eigenvalue weighted by Gasteiger charge is 2.46. The van der Waals surface area contributed by atoms with Crippen molar-refractivity contribution < 1.29 is 33.3 Å². The van der Waals surface area contributed by atoms with Crippen molar-refractivity contribution in [3.8, 4) is 0 Å². The van der Waals surface area contributed by atoms with Crippen molar-refractivity contribution in [2.45, 2.75) is 44.5 Å². The van der Waals surface area contributed by atoms with E-state index in [-0.39, 0.29) is 6.61 Å². The van der Waals surface area contributed by atoms with Gasteiger partial charge < -0.3 is 18.9 Å². The molecule has 0 aromatic rings. The summed E-state index contributed by atoms with van der Waals surface area (Å²) in [6.45, 7) is 3.80. The molecule has 0 spiro atoms. The minimum atomic E-state index is -0.883. The third-order valence-electron chi connectivity index (χ3n) is 2.54. The number of hydrogen-bond acceptors (Lipinski definition) is 8. The number of carbonyl (C=O) groups is 3. The number of ether oxygens (including phenoxy) is 4. The summed E-state index contributed by atoms with van der Waals surface area (Å²) in [7, 11) is 0. The molecule has 1 fully saturated rings. The smallest absolute Gasteiger partial charge is 0.303 e. The van der Waals surface area contributed by atoms with Crippen LogP contribution in [0.1, 0.15) is 20.8 Å². The molecule has 0 N–H and O–H groups in total. The van der Waals surface area contributed by atoms with E-state index in [2.05, 4.69) is 0 Å². The molecule has 20 heavy (non-hydrogen) atoms. The van der Waals surface area contributed by atoms with Gasteiger partial charge in [0.25, 0.3) is 0 Å². The average molecular weight is 306 g/mol. The lowest BCUT2D eigenvalue weighted by molar-refractivity contribution is -0.213. The molecule has 0 aromatic carbocycles. The second-order valence-corrected chi connectivity index (χ2v) is 5.17. The van der Waals surface area contributed by atoms with Gasteiger partial charge in [-0.2, -0.15) is 0 Å². The quantitative estimate of drug-likeness (QED) is 0.548. The molecular formula is C12H18O7S. The maximum atomic E-state index is 11.2. The minimum absolute atomic E-state index is 0.0702. The maximum Gasteiger partial charge on any atom is 0.303 e. The van der Waals surface area contributed by atoms with E-state index in [0.717, 1.165) is 0 Å². The normalized spacial score (nSPS) is 29.4. The number of esters is 3.